The van der Waals surface area contributed by atoms with Gasteiger partial charge in [-0.1, -0.05) is 18.2 Å². The van der Waals surface area contributed by atoms with Gasteiger partial charge in [-0.05, 0) is 25.0 Å². The van der Waals surface area contributed by atoms with Crippen molar-refractivity contribution in [1.29, 1.82) is 0 Å². The number of rotatable bonds is 2. The van der Waals surface area contributed by atoms with Crippen LogP contribution in [-0.4, -0.2) is 24.3 Å². The second kappa shape index (κ2) is 3.79. The number of benzene rings is 1. The van der Waals surface area contributed by atoms with Gasteiger partial charge in [-0.15, -0.1) is 0 Å². The van der Waals surface area contributed by atoms with Crippen molar-refractivity contribution < 1.29 is 5.11 Å². The highest BCUT2D eigenvalue weighted by atomic mass is 16.3. The molecule has 0 spiro atoms. The van der Waals surface area contributed by atoms with Crippen LogP contribution in [0.25, 0.3) is 0 Å². The van der Waals surface area contributed by atoms with E-state index in [1.54, 1.807) is 0 Å². The van der Waals surface area contributed by atoms with Gasteiger partial charge in [-0.3, -0.25) is 0 Å². The van der Waals surface area contributed by atoms with Crippen LogP contribution in [0, 0.1) is 0 Å². The Morgan fingerprint density at radius 2 is 2.08 bits per heavy atom. The Morgan fingerprint density at radius 1 is 1.31 bits per heavy atom. The van der Waals surface area contributed by atoms with Crippen LogP contribution in [0.5, 0.6) is 0 Å². The van der Waals surface area contributed by atoms with Gasteiger partial charge in [0.15, 0.2) is 0 Å². The fourth-order valence-corrected chi connectivity index (χ4v) is 1.98. The Kier molecular flexibility index (Phi) is 2.50. The first-order valence-electron chi connectivity index (χ1n) is 4.84. The standard InChI is InChI=1S/C11H15NO/c13-9-11-7-4-8-12(11)10-5-2-1-3-6-10/h1-3,5-6,11,13H,4,7-9H2/t11-/m1/s1. The maximum Gasteiger partial charge on any atom is 0.0635 e. The van der Waals surface area contributed by atoms with E-state index in [1.165, 1.54) is 12.1 Å². The third-order valence-corrected chi connectivity index (χ3v) is 2.68. The third-order valence-electron chi connectivity index (χ3n) is 2.68. The predicted octanol–water partition coefficient (Wildman–Crippen LogP) is 1.65. The summed E-state index contributed by atoms with van der Waals surface area (Å²) in [5.41, 5.74) is 1.24. The average Bonchev–Trinajstić information content (AvgIpc) is 2.67. The largest absolute Gasteiger partial charge is 0.394 e. The van der Waals surface area contributed by atoms with Gasteiger partial charge in [-0.2, -0.15) is 0 Å². The molecule has 0 amide bonds. The Labute approximate surface area is 78.8 Å². The van der Waals surface area contributed by atoms with Gasteiger partial charge in [-0.25, -0.2) is 0 Å². The second-order valence-electron chi connectivity index (χ2n) is 3.51. The lowest BCUT2D eigenvalue weighted by Crippen LogP contribution is -2.31. The van der Waals surface area contributed by atoms with Gasteiger partial charge < -0.3 is 10.0 Å². The number of para-hydroxylation sites is 1. The van der Waals surface area contributed by atoms with Crippen molar-refractivity contribution >= 4 is 5.69 Å². The monoisotopic (exact) mass is 177 g/mol. The zero-order valence-electron chi connectivity index (χ0n) is 7.69. The van der Waals surface area contributed by atoms with Gasteiger partial charge in [0, 0.05) is 12.2 Å². The molecule has 0 radical (unpaired) electrons. The highest BCUT2D eigenvalue weighted by molar-refractivity contribution is 5.47. The summed E-state index contributed by atoms with van der Waals surface area (Å²) in [7, 11) is 0. The summed E-state index contributed by atoms with van der Waals surface area (Å²) in [6.45, 7) is 1.35. The first-order chi connectivity index (χ1) is 6.42. The van der Waals surface area contributed by atoms with Crippen molar-refractivity contribution in [3.63, 3.8) is 0 Å². The molecule has 2 rings (SSSR count). The van der Waals surface area contributed by atoms with Gasteiger partial charge in [0.2, 0.25) is 0 Å². The summed E-state index contributed by atoms with van der Waals surface area (Å²) in [6, 6.07) is 10.7. The molecule has 1 saturated heterocycles. The Morgan fingerprint density at radius 3 is 2.77 bits per heavy atom. The lowest BCUT2D eigenvalue weighted by atomic mass is 10.2. The highest BCUT2D eigenvalue weighted by Gasteiger charge is 2.23. The number of nitrogens with zero attached hydrogens (tertiary/aromatic N) is 1. The molecule has 1 atom stereocenters. The smallest absolute Gasteiger partial charge is 0.0635 e. The van der Waals surface area contributed by atoms with E-state index in [0.717, 1.165) is 13.0 Å². The molecule has 1 heterocycles. The summed E-state index contributed by atoms with van der Waals surface area (Å²) in [6.07, 6.45) is 2.31. The quantitative estimate of drug-likeness (QED) is 0.742. The van der Waals surface area contributed by atoms with Crippen LogP contribution in [0.4, 0.5) is 5.69 Å². The Hall–Kier alpha value is -1.02. The van der Waals surface area contributed by atoms with E-state index < -0.39 is 0 Å². The zero-order valence-corrected chi connectivity index (χ0v) is 7.69. The molecule has 1 N–H and O–H groups in total. The molecule has 70 valence electrons. The van der Waals surface area contributed by atoms with Crippen LogP contribution in [0.3, 0.4) is 0 Å². The second-order valence-corrected chi connectivity index (χ2v) is 3.51. The van der Waals surface area contributed by atoms with Crippen molar-refractivity contribution in [3.8, 4) is 0 Å². The number of anilines is 1. The van der Waals surface area contributed by atoms with E-state index in [9.17, 15) is 0 Å². The Bertz CT molecular complexity index is 260. The predicted molar refractivity (Wildman–Crippen MR) is 53.9 cm³/mol. The molecular weight excluding hydrogens is 162 g/mol. The van der Waals surface area contributed by atoms with Crippen molar-refractivity contribution in [2.45, 2.75) is 18.9 Å². The molecular formula is C11H15NO. The Balaban J connectivity index is 2.16. The minimum absolute atomic E-state index is 0.273. The van der Waals surface area contributed by atoms with Crippen LogP contribution in [0.1, 0.15) is 12.8 Å². The maximum atomic E-state index is 9.16. The molecule has 1 aromatic rings. The van der Waals surface area contributed by atoms with Crippen LogP contribution < -0.4 is 4.90 Å². The third kappa shape index (κ3) is 1.68. The average molecular weight is 177 g/mol. The van der Waals surface area contributed by atoms with Crippen molar-refractivity contribution in [1.82, 2.24) is 0 Å². The summed E-state index contributed by atoms with van der Waals surface area (Å²) < 4.78 is 0. The molecule has 1 fully saturated rings. The van der Waals surface area contributed by atoms with E-state index in [4.69, 9.17) is 5.11 Å². The molecule has 1 aromatic carbocycles. The number of hydrogen-bond acceptors (Lipinski definition) is 2. The molecule has 1 aliphatic rings. The lowest BCUT2D eigenvalue weighted by molar-refractivity contribution is 0.266. The van der Waals surface area contributed by atoms with Gasteiger partial charge in [0.1, 0.15) is 0 Å². The van der Waals surface area contributed by atoms with E-state index in [-0.39, 0.29) is 6.61 Å². The topological polar surface area (TPSA) is 23.5 Å². The van der Waals surface area contributed by atoms with Crippen LogP contribution in [0.2, 0.25) is 0 Å². The first kappa shape index (κ1) is 8.57. The molecule has 2 heteroatoms. The molecule has 0 aliphatic carbocycles. The van der Waals surface area contributed by atoms with Crippen LogP contribution in [0.15, 0.2) is 30.3 Å². The highest BCUT2D eigenvalue weighted by Crippen LogP contribution is 2.24. The zero-order chi connectivity index (χ0) is 9.10. The molecule has 0 saturated carbocycles. The molecule has 2 nitrogen and oxygen atoms in total. The van der Waals surface area contributed by atoms with E-state index in [1.807, 2.05) is 18.2 Å². The van der Waals surface area contributed by atoms with E-state index in [2.05, 4.69) is 17.0 Å². The van der Waals surface area contributed by atoms with Crippen LogP contribution in [-0.2, 0) is 0 Å². The summed E-state index contributed by atoms with van der Waals surface area (Å²) in [5, 5.41) is 9.16. The van der Waals surface area contributed by atoms with Gasteiger partial charge in [0.05, 0.1) is 12.6 Å². The minimum Gasteiger partial charge on any atom is -0.394 e. The van der Waals surface area contributed by atoms with Gasteiger partial charge in [0.25, 0.3) is 0 Å². The van der Waals surface area contributed by atoms with Crippen LogP contribution >= 0.6 is 0 Å². The number of aliphatic hydroxyl groups excluding tert-OH is 1. The number of hydrogen-bond donors (Lipinski definition) is 1. The minimum atomic E-state index is 0.273. The fourth-order valence-electron chi connectivity index (χ4n) is 1.98. The van der Waals surface area contributed by atoms with E-state index >= 15 is 0 Å². The molecule has 0 aromatic heterocycles. The normalized spacial score (nSPS) is 22.2. The van der Waals surface area contributed by atoms with Crippen molar-refractivity contribution in [2.24, 2.45) is 0 Å². The van der Waals surface area contributed by atoms with Crippen molar-refractivity contribution in [2.75, 3.05) is 18.1 Å². The molecule has 0 bridgehead atoms. The first-order valence-corrected chi connectivity index (χ1v) is 4.84. The molecule has 13 heavy (non-hydrogen) atoms. The van der Waals surface area contributed by atoms with E-state index in [0.29, 0.717) is 6.04 Å². The molecule has 0 unspecified atom stereocenters. The number of aliphatic hydroxyl groups is 1. The summed E-state index contributed by atoms with van der Waals surface area (Å²) in [5.74, 6) is 0. The summed E-state index contributed by atoms with van der Waals surface area (Å²) >= 11 is 0. The fraction of sp³-hybridized carbons (Fsp3) is 0.455. The maximum absolute atomic E-state index is 9.16. The molecule has 1 aliphatic heterocycles. The lowest BCUT2D eigenvalue weighted by Gasteiger charge is -2.24. The van der Waals surface area contributed by atoms with Crippen molar-refractivity contribution in [3.05, 3.63) is 30.3 Å². The summed E-state index contributed by atoms with van der Waals surface area (Å²) in [4.78, 5) is 2.29. The van der Waals surface area contributed by atoms with Gasteiger partial charge >= 0.3 is 0 Å². The SMILES string of the molecule is OC[C@H]1CCCN1c1ccccc1.